The number of anilines is 1. The minimum atomic E-state index is -0.752. The van der Waals surface area contributed by atoms with Crippen LogP contribution in [0.5, 0.6) is 0 Å². The molecule has 0 unspecified atom stereocenters. The Morgan fingerprint density at radius 1 is 1.07 bits per heavy atom. The summed E-state index contributed by atoms with van der Waals surface area (Å²) < 4.78 is 4.80. The van der Waals surface area contributed by atoms with Crippen LogP contribution in [-0.4, -0.2) is 23.4 Å². The summed E-state index contributed by atoms with van der Waals surface area (Å²) in [6, 6.07) is 8.56. The van der Waals surface area contributed by atoms with Crippen LogP contribution in [0.3, 0.4) is 0 Å². The van der Waals surface area contributed by atoms with Crippen molar-refractivity contribution in [1.29, 1.82) is 0 Å². The van der Waals surface area contributed by atoms with Crippen molar-refractivity contribution < 1.29 is 19.2 Å². The first-order valence-corrected chi connectivity index (χ1v) is 8.43. The van der Waals surface area contributed by atoms with Crippen LogP contribution in [0.2, 0.25) is 15.1 Å². The molecule has 0 saturated heterocycles. The maximum Gasteiger partial charge on any atom is 0.331 e. The van der Waals surface area contributed by atoms with Gasteiger partial charge in [0, 0.05) is 17.8 Å². The number of benzene rings is 2. The van der Waals surface area contributed by atoms with Gasteiger partial charge in [-0.05, 0) is 35.9 Å². The second-order valence-electron chi connectivity index (χ2n) is 5.09. The molecule has 10 heteroatoms. The number of nitro benzene ring substituents is 1. The van der Waals surface area contributed by atoms with Gasteiger partial charge < -0.3 is 10.1 Å². The molecule has 1 N–H and O–H groups in total. The number of hydrogen-bond donors (Lipinski definition) is 1. The van der Waals surface area contributed by atoms with Crippen molar-refractivity contribution in [3.05, 3.63) is 73.2 Å². The Morgan fingerprint density at radius 2 is 1.78 bits per heavy atom. The third-order valence-electron chi connectivity index (χ3n) is 3.13. The van der Waals surface area contributed by atoms with Crippen LogP contribution in [0, 0.1) is 10.1 Å². The Bertz CT molecular complexity index is 931. The number of nitrogens with one attached hydrogen (secondary N) is 1. The van der Waals surface area contributed by atoms with E-state index in [9.17, 15) is 19.7 Å². The molecule has 2 aromatic rings. The van der Waals surface area contributed by atoms with Gasteiger partial charge in [-0.25, -0.2) is 4.79 Å². The summed E-state index contributed by atoms with van der Waals surface area (Å²) in [4.78, 5) is 33.6. The largest absolute Gasteiger partial charge is 0.452 e. The van der Waals surface area contributed by atoms with Crippen LogP contribution < -0.4 is 5.32 Å². The first-order chi connectivity index (χ1) is 12.8. The molecule has 0 aliphatic carbocycles. The lowest BCUT2D eigenvalue weighted by Gasteiger charge is -2.06. The van der Waals surface area contributed by atoms with Crippen LogP contribution in [0.15, 0.2) is 42.5 Å². The average molecular weight is 430 g/mol. The van der Waals surface area contributed by atoms with E-state index in [-0.39, 0.29) is 16.4 Å². The maximum absolute atomic E-state index is 11.8. The fraction of sp³-hybridized carbons (Fsp3) is 0.0588. The lowest BCUT2D eigenvalue weighted by molar-refractivity contribution is -0.384. The molecule has 0 radical (unpaired) electrons. The van der Waals surface area contributed by atoms with Crippen molar-refractivity contribution in [3.63, 3.8) is 0 Å². The second-order valence-corrected chi connectivity index (χ2v) is 6.31. The van der Waals surface area contributed by atoms with Gasteiger partial charge in [-0.15, -0.1) is 0 Å². The molecule has 0 fully saturated rings. The Hall–Kier alpha value is -2.61. The molecule has 0 aliphatic heterocycles. The number of rotatable bonds is 6. The smallest absolute Gasteiger partial charge is 0.331 e. The van der Waals surface area contributed by atoms with E-state index in [1.165, 1.54) is 18.2 Å². The minimum absolute atomic E-state index is 0.0585. The minimum Gasteiger partial charge on any atom is -0.452 e. The number of hydrogen-bond acceptors (Lipinski definition) is 5. The predicted molar refractivity (Wildman–Crippen MR) is 103 cm³/mol. The molecule has 7 nitrogen and oxygen atoms in total. The lowest BCUT2D eigenvalue weighted by atomic mass is 10.2. The Morgan fingerprint density at radius 3 is 2.44 bits per heavy atom. The number of amides is 1. The zero-order valence-electron chi connectivity index (χ0n) is 13.4. The van der Waals surface area contributed by atoms with Crippen molar-refractivity contribution in [2.45, 2.75) is 0 Å². The Balaban J connectivity index is 1.88. The average Bonchev–Trinajstić information content (AvgIpc) is 2.62. The van der Waals surface area contributed by atoms with E-state index in [0.717, 1.165) is 12.1 Å². The zero-order chi connectivity index (χ0) is 20.0. The molecule has 0 saturated carbocycles. The molecular formula is C17H11Cl3N2O5. The second kappa shape index (κ2) is 9.36. The van der Waals surface area contributed by atoms with Gasteiger partial charge in [0.25, 0.3) is 11.6 Å². The van der Waals surface area contributed by atoms with Crippen LogP contribution in [-0.2, 0) is 14.3 Å². The van der Waals surface area contributed by atoms with Gasteiger partial charge in [0.05, 0.1) is 15.0 Å². The molecule has 0 aromatic heterocycles. The number of ether oxygens (including phenoxy) is 1. The highest BCUT2D eigenvalue weighted by Crippen LogP contribution is 2.27. The molecule has 0 heterocycles. The van der Waals surface area contributed by atoms with Crippen molar-refractivity contribution in [1.82, 2.24) is 0 Å². The number of halogens is 3. The molecule has 0 bridgehead atoms. The van der Waals surface area contributed by atoms with Gasteiger partial charge in [0.15, 0.2) is 6.61 Å². The molecule has 0 aliphatic rings. The summed E-state index contributed by atoms with van der Waals surface area (Å²) in [5.41, 5.74) is 0.425. The van der Waals surface area contributed by atoms with Gasteiger partial charge in [0.1, 0.15) is 5.02 Å². The van der Waals surface area contributed by atoms with Gasteiger partial charge in [0.2, 0.25) is 0 Å². The summed E-state index contributed by atoms with van der Waals surface area (Å²) in [5.74, 6) is -1.42. The van der Waals surface area contributed by atoms with E-state index < -0.39 is 23.4 Å². The normalized spacial score (nSPS) is 10.6. The number of carbonyl (C=O) groups excluding carboxylic acids is 2. The monoisotopic (exact) mass is 428 g/mol. The van der Waals surface area contributed by atoms with Crippen LogP contribution in [0.4, 0.5) is 11.4 Å². The van der Waals surface area contributed by atoms with E-state index in [4.69, 9.17) is 39.5 Å². The van der Waals surface area contributed by atoms with Gasteiger partial charge in [-0.2, -0.15) is 0 Å². The van der Waals surface area contributed by atoms with Gasteiger partial charge in [-0.3, -0.25) is 14.9 Å². The van der Waals surface area contributed by atoms with Crippen molar-refractivity contribution in [3.8, 4) is 0 Å². The molecule has 2 rings (SSSR count). The van der Waals surface area contributed by atoms with E-state index >= 15 is 0 Å². The topological polar surface area (TPSA) is 98.5 Å². The molecule has 0 spiro atoms. The Kier molecular flexibility index (Phi) is 7.18. The predicted octanol–water partition coefficient (Wildman–Crippen LogP) is 4.75. The van der Waals surface area contributed by atoms with Crippen LogP contribution >= 0.6 is 34.8 Å². The summed E-state index contributed by atoms with van der Waals surface area (Å²) >= 11 is 17.3. The van der Waals surface area contributed by atoms with E-state index in [2.05, 4.69) is 5.32 Å². The molecular weight excluding hydrogens is 419 g/mol. The summed E-state index contributed by atoms with van der Waals surface area (Å²) in [5, 5.41) is 13.9. The third-order valence-corrected chi connectivity index (χ3v) is 4.19. The molecule has 2 aromatic carbocycles. The van der Waals surface area contributed by atoms with Crippen molar-refractivity contribution in [2.75, 3.05) is 11.9 Å². The van der Waals surface area contributed by atoms with Crippen LogP contribution in [0.1, 0.15) is 5.56 Å². The van der Waals surface area contributed by atoms with Crippen molar-refractivity contribution >= 4 is 64.1 Å². The number of esters is 1. The first kappa shape index (κ1) is 20.7. The third kappa shape index (κ3) is 6.25. The maximum atomic E-state index is 11.8. The highest BCUT2D eigenvalue weighted by molar-refractivity contribution is 6.42. The highest BCUT2D eigenvalue weighted by atomic mass is 35.5. The molecule has 140 valence electrons. The number of nitrogens with zero attached hydrogens (tertiary/aromatic N) is 1. The standard InChI is InChI=1S/C17H11Cl3N2O5/c18-12-4-1-10(7-14(12)20)2-6-17(24)27-9-16(23)21-11-3-5-13(19)15(8-11)22(25)26/h1-8H,9H2,(H,21,23)/b6-2+. The fourth-order valence-corrected chi connectivity index (χ4v) is 2.39. The molecule has 0 atom stereocenters. The summed E-state index contributed by atoms with van der Waals surface area (Å²) in [7, 11) is 0. The number of carbonyl (C=O) groups is 2. The quantitative estimate of drug-likeness (QED) is 0.309. The molecule has 27 heavy (non-hydrogen) atoms. The summed E-state index contributed by atoms with van der Waals surface area (Å²) in [6.45, 7) is -0.568. The van der Waals surface area contributed by atoms with Gasteiger partial charge >= 0.3 is 5.97 Å². The highest BCUT2D eigenvalue weighted by Gasteiger charge is 2.14. The van der Waals surface area contributed by atoms with Crippen LogP contribution in [0.25, 0.3) is 6.08 Å². The summed E-state index contributed by atoms with van der Waals surface area (Å²) in [6.07, 6.45) is 2.57. The molecule has 1 amide bonds. The van der Waals surface area contributed by atoms with Crippen molar-refractivity contribution in [2.24, 2.45) is 0 Å². The van der Waals surface area contributed by atoms with Gasteiger partial charge in [-0.1, -0.05) is 40.9 Å². The fourth-order valence-electron chi connectivity index (χ4n) is 1.89. The SMILES string of the molecule is O=C(COC(=O)/C=C/c1ccc(Cl)c(Cl)c1)Nc1ccc(Cl)c([N+](=O)[O-])c1. The first-order valence-electron chi connectivity index (χ1n) is 7.30. The number of nitro groups is 1. The zero-order valence-corrected chi connectivity index (χ0v) is 15.7. The lowest BCUT2D eigenvalue weighted by Crippen LogP contribution is -2.20. The van der Waals surface area contributed by atoms with E-state index in [1.807, 2.05) is 0 Å². The van der Waals surface area contributed by atoms with E-state index in [1.54, 1.807) is 18.2 Å². The Labute approximate surface area is 168 Å². The van der Waals surface area contributed by atoms with E-state index in [0.29, 0.717) is 15.6 Å².